The predicted octanol–water partition coefficient (Wildman–Crippen LogP) is 2.08. The van der Waals surface area contributed by atoms with Gasteiger partial charge in [0.15, 0.2) is 5.96 Å². The molecule has 1 aromatic carbocycles. The number of halogens is 2. The smallest absolute Gasteiger partial charge is 0.190 e. The molecule has 0 unspecified atom stereocenters. The van der Waals surface area contributed by atoms with E-state index < -0.39 is 11.6 Å². The third-order valence-electron chi connectivity index (χ3n) is 2.50. The molecule has 0 aromatic heterocycles. The quantitative estimate of drug-likeness (QED) is 0.624. The zero-order valence-corrected chi connectivity index (χ0v) is 10.8. The zero-order valence-electron chi connectivity index (χ0n) is 10.8. The van der Waals surface area contributed by atoms with Gasteiger partial charge in [0.05, 0.1) is 0 Å². The maximum atomic E-state index is 13.3. The van der Waals surface area contributed by atoms with Crippen molar-refractivity contribution in [1.29, 1.82) is 0 Å². The summed E-state index contributed by atoms with van der Waals surface area (Å²) in [6, 6.07) is 3.90. The highest BCUT2D eigenvalue weighted by molar-refractivity contribution is 5.79. The fourth-order valence-electron chi connectivity index (χ4n) is 1.54. The van der Waals surface area contributed by atoms with Gasteiger partial charge in [-0.05, 0) is 25.0 Å². The van der Waals surface area contributed by atoms with Gasteiger partial charge in [-0.15, -0.1) is 0 Å². The van der Waals surface area contributed by atoms with Crippen LogP contribution in [0.2, 0.25) is 0 Å². The van der Waals surface area contributed by atoms with E-state index in [-0.39, 0.29) is 12.0 Å². The Kier molecular flexibility index (Phi) is 6.11. The predicted molar refractivity (Wildman–Crippen MR) is 69.7 cm³/mol. The molecule has 1 aromatic rings. The van der Waals surface area contributed by atoms with Crippen LogP contribution in [0.25, 0.3) is 0 Å². The van der Waals surface area contributed by atoms with E-state index in [1.165, 1.54) is 18.2 Å². The van der Waals surface area contributed by atoms with Crippen molar-refractivity contribution in [2.75, 3.05) is 20.1 Å². The molecule has 1 rings (SSSR count). The lowest BCUT2D eigenvalue weighted by atomic mass is 10.1. The summed E-state index contributed by atoms with van der Waals surface area (Å²) in [5.74, 6) is -0.366. The minimum atomic E-state index is -0.506. The van der Waals surface area contributed by atoms with E-state index in [2.05, 4.69) is 22.5 Å². The van der Waals surface area contributed by atoms with Gasteiger partial charge in [0.25, 0.3) is 0 Å². The molecule has 0 amide bonds. The molecule has 0 heterocycles. The summed E-state index contributed by atoms with van der Waals surface area (Å²) >= 11 is 0. The molecule has 0 radical (unpaired) electrons. The van der Waals surface area contributed by atoms with E-state index >= 15 is 0 Å². The van der Waals surface area contributed by atoms with Gasteiger partial charge >= 0.3 is 0 Å². The number of benzene rings is 1. The number of guanidine groups is 1. The van der Waals surface area contributed by atoms with Gasteiger partial charge in [-0.1, -0.05) is 13.0 Å². The second kappa shape index (κ2) is 7.63. The Morgan fingerprint density at radius 2 is 1.78 bits per heavy atom. The van der Waals surface area contributed by atoms with Crippen LogP contribution in [-0.4, -0.2) is 26.1 Å². The van der Waals surface area contributed by atoms with Gasteiger partial charge in [-0.3, -0.25) is 4.99 Å². The van der Waals surface area contributed by atoms with Gasteiger partial charge in [0.2, 0.25) is 0 Å². The summed E-state index contributed by atoms with van der Waals surface area (Å²) in [5, 5.41) is 6.10. The van der Waals surface area contributed by atoms with Crippen molar-refractivity contribution in [1.82, 2.24) is 10.6 Å². The molecule has 0 fully saturated rings. The normalized spacial score (nSPS) is 11.4. The molecular formula is C13H19F2N3. The summed E-state index contributed by atoms with van der Waals surface area (Å²) in [6.07, 6.45) is 1.27. The van der Waals surface area contributed by atoms with Crippen molar-refractivity contribution in [2.24, 2.45) is 4.99 Å². The fraction of sp³-hybridized carbons (Fsp3) is 0.462. The number of nitrogens with zero attached hydrogens (tertiary/aromatic N) is 1. The van der Waals surface area contributed by atoms with Crippen LogP contribution in [0.5, 0.6) is 0 Å². The SMILES string of the molecule is CCCNC(=NC)NCCc1c(F)cccc1F. The molecule has 0 aliphatic heterocycles. The van der Waals surface area contributed by atoms with E-state index in [9.17, 15) is 8.78 Å². The molecule has 0 aliphatic rings. The third kappa shape index (κ3) is 4.31. The lowest BCUT2D eigenvalue weighted by molar-refractivity contribution is 0.553. The maximum Gasteiger partial charge on any atom is 0.190 e. The molecule has 0 atom stereocenters. The largest absolute Gasteiger partial charge is 0.356 e. The van der Waals surface area contributed by atoms with E-state index in [1.807, 2.05) is 0 Å². The number of aliphatic imine (C=N–C) groups is 1. The van der Waals surface area contributed by atoms with Gasteiger partial charge in [0.1, 0.15) is 11.6 Å². The van der Waals surface area contributed by atoms with Crippen LogP contribution < -0.4 is 10.6 Å². The Morgan fingerprint density at radius 1 is 1.17 bits per heavy atom. The number of hydrogen-bond donors (Lipinski definition) is 2. The molecule has 0 spiro atoms. The van der Waals surface area contributed by atoms with Crippen molar-refractivity contribution in [2.45, 2.75) is 19.8 Å². The van der Waals surface area contributed by atoms with Crippen molar-refractivity contribution < 1.29 is 8.78 Å². The first-order valence-corrected chi connectivity index (χ1v) is 6.06. The van der Waals surface area contributed by atoms with Crippen LogP contribution in [0.3, 0.4) is 0 Å². The molecule has 100 valence electrons. The monoisotopic (exact) mass is 255 g/mol. The Labute approximate surface area is 106 Å². The highest BCUT2D eigenvalue weighted by atomic mass is 19.1. The standard InChI is InChI=1S/C13H19F2N3/c1-3-8-17-13(16-2)18-9-7-10-11(14)5-4-6-12(10)15/h4-6H,3,7-9H2,1-2H3,(H2,16,17,18). The van der Waals surface area contributed by atoms with Crippen molar-refractivity contribution in [3.8, 4) is 0 Å². The van der Waals surface area contributed by atoms with E-state index in [0.717, 1.165) is 13.0 Å². The fourth-order valence-corrected chi connectivity index (χ4v) is 1.54. The summed E-state index contributed by atoms with van der Waals surface area (Å²) in [5.41, 5.74) is 0.107. The third-order valence-corrected chi connectivity index (χ3v) is 2.50. The topological polar surface area (TPSA) is 36.4 Å². The van der Waals surface area contributed by atoms with E-state index in [0.29, 0.717) is 12.5 Å². The summed E-state index contributed by atoms with van der Waals surface area (Å²) in [7, 11) is 1.66. The molecule has 0 bridgehead atoms. The molecule has 0 saturated carbocycles. The average Bonchev–Trinajstić information content (AvgIpc) is 2.36. The van der Waals surface area contributed by atoms with Crippen molar-refractivity contribution in [3.63, 3.8) is 0 Å². The molecule has 5 heteroatoms. The summed E-state index contributed by atoms with van der Waals surface area (Å²) in [4.78, 5) is 4.01. The molecular weight excluding hydrogens is 236 g/mol. The molecule has 18 heavy (non-hydrogen) atoms. The lowest BCUT2D eigenvalue weighted by Gasteiger charge is -2.11. The molecule has 0 saturated heterocycles. The Hall–Kier alpha value is -1.65. The minimum absolute atomic E-state index is 0.107. The Balaban J connectivity index is 2.46. The van der Waals surface area contributed by atoms with Crippen LogP contribution >= 0.6 is 0 Å². The summed E-state index contributed by atoms with van der Waals surface area (Å²) < 4.78 is 26.7. The van der Waals surface area contributed by atoms with Gasteiger partial charge in [0, 0.05) is 25.7 Å². The van der Waals surface area contributed by atoms with Crippen LogP contribution in [0, 0.1) is 11.6 Å². The number of rotatable bonds is 5. The second-order valence-corrected chi connectivity index (χ2v) is 3.88. The van der Waals surface area contributed by atoms with Gasteiger partial charge in [-0.25, -0.2) is 8.78 Å². The van der Waals surface area contributed by atoms with Gasteiger partial charge < -0.3 is 10.6 Å². The van der Waals surface area contributed by atoms with Crippen molar-refractivity contribution >= 4 is 5.96 Å². The zero-order chi connectivity index (χ0) is 13.4. The van der Waals surface area contributed by atoms with Crippen molar-refractivity contribution in [3.05, 3.63) is 35.4 Å². The van der Waals surface area contributed by atoms with E-state index in [1.54, 1.807) is 7.05 Å². The first-order chi connectivity index (χ1) is 8.69. The minimum Gasteiger partial charge on any atom is -0.356 e. The highest BCUT2D eigenvalue weighted by Gasteiger charge is 2.07. The first kappa shape index (κ1) is 14.4. The molecule has 3 nitrogen and oxygen atoms in total. The summed E-state index contributed by atoms with van der Waals surface area (Å²) in [6.45, 7) is 3.30. The van der Waals surface area contributed by atoms with Gasteiger partial charge in [-0.2, -0.15) is 0 Å². The Bertz CT molecular complexity index is 385. The van der Waals surface area contributed by atoms with Crippen LogP contribution in [0.15, 0.2) is 23.2 Å². The highest BCUT2D eigenvalue weighted by Crippen LogP contribution is 2.11. The second-order valence-electron chi connectivity index (χ2n) is 3.88. The number of hydrogen-bond acceptors (Lipinski definition) is 1. The molecule has 0 aliphatic carbocycles. The van der Waals surface area contributed by atoms with Crippen LogP contribution in [0.4, 0.5) is 8.78 Å². The van der Waals surface area contributed by atoms with Crippen LogP contribution in [-0.2, 0) is 6.42 Å². The molecule has 2 N–H and O–H groups in total. The number of nitrogens with one attached hydrogen (secondary N) is 2. The van der Waals surface area contributed by atoms with E-state index in [4.69, 9.17) is 0 Å². The maximum absolute atomic E-state index is 13.3. The first-order valence-electron chi connectivity index (χ1n) is 6.06. The van der Waals surface area contributed by atoms with Crippen LogP contribution in [0.1, 0.15) is 18.9 Å². The Morgan fingerprint density at radius 3 is 2.33 bits per heavy atom. The lowest BCUT2D eigenvalue weighted by Crippen LogP contribution is -2.38. The average molecular weight is 255 g/mol.